The number of aromatic nitrogens is 1. The largest absolute Gasteiger partial charge is 0.481 e. The molecule has 0 fully saturated rings. The van der Waals surface area contributed by atoms with E-state index in [0.717, 1.165) is 32.5 Å². The van der Waals surface area contributed by atoms with Gasteiger partial charge < -0.3 is 9.47 Å². The number of nitrogens with one attached hydrogen (secondary N) is 1. The summed E-state index contributed by atoms with van der Waals surface area (Å²) < 4.78 is 11.7. The van der Waals surface area contributed by atoms with E-state index in [1.54, 1.807) is 6.07 Å². The zero-order valence-electron chi connectivity index (χ0n) is 17.8. The number of hydrogen-bond donors (Lipinski definition) is 1. The molecule has 6 nitrogen and oxygen atoms in total. The first-order chi connectivity index (χ1) is 15.5. The van der Waals surface area contributed by atoms with Gasteiger partial charge in [0, 0.05) is 5.56 Å². The van der Waals surface area contributed by atoms with E-state index in [-0.39, 0.29) is 6.61 Å². The normalized spacial score (nSPS) is 10.7. The van der Waals surface area contributed by atoms with Gasteiger partial charge in [0.25, 0.3) is 5.91 Å². The Labute approximate surface area is 189 Å². The van der Waals surface area contributed by atoms with Crippen LogP contribution >= 0.6 is 11.3 Å². The van der Waals surface area contributed by atoms with Gasteiger partial charge in [-0.2, -0.15) is 0 Å². The van der Waals surface area contributed by atoms with Gasteiger partial charge in [0.2, 0.25) is 0 Å². The fraction of sp³-hybridized carbons (Fsp3) is 0.160. The minimum atomic E-state index is -0.626. The van der Waals surface area contributed by atoms with Gasteiger partial charge in [0.15, 0.2) is 18.3 Å². The lowest BCUT2D eigenvalue weighted by Crippen LogP contribution is -2.23. The molecule has 1 aromatic heterocycles. The Hall–Kier alpha value is -3.71. The number of hydrogen-bond acceptors (Lipinski definition) is 6. The molecule has 0 aliphatic carbocycles. The second-order valence-corrected chi connectivity index (χ2v) is 8.34. The number of thiazole rings is 1. The predicted molar refractivity (Wildman–Crippen MR) is 126 cm³/mol. The second-order valence-electron chi connectivity index (χ2n) is 7.31. The van der Waals surface area contributed by atoms with Crippen LogP contribution in [0.15, 0.2) is 66.7 Å². The molecule has 0 atom stereocenters. The number of fused-ring (bicyclic) bond motifs is 1. The van der Waals surface area contributed by atoms with Crippen LogP contribution < -0.4 is 10.1 Å². The van der Waals surface area contributed by atoms with E-state index < -0.39 is 18.5 Å². The topological polar surface area (TPSA) is 77.5 Å². The molecule has 1 heterocycles. The first-order valence-electron chi connectivity index (χ1n) is 10.1. The molecule has 1 amide bonds. The van der Waals surface area contributed by atoms with Crippen molar-refractivity contribution in [3.8, 4) is 16.9 Å². The molecule has 0 unspecified atom stereocenters. The molecule has 4 rings (SSSR count). The van der Waals surface area contributed by atoms with Crippen molar-refractivity contribution in [2.24, 2.45) is 0 Å². The SMILES string of the molecule is Cc1cc(C)c2nc(NC(=O)COC(=O)COc3ccccc3-c3ccccc3)sc2c1. The predicted octanol–water partition coefficient (Wildman–Crippen LogP) is 5.14. The summed E-state index contributed by atoms with van der Waals surface area (Å²) in [5, 5.41) is 3.16. The zero-order valence-corrected chi connectivity index (χ0v) is 18.6. The summed E-state index contributed by atoms with van der Waals surface area (Å²) in [6.07, 6.45) is 0. The molecule has 1 N–H and O–H groups in total. The lowest BCUT2D eigenvalue weighted by atomic mass is 10.1. The average Bonchev–Trinajstić information content (AvgIpc) is 3.19. The maximum absolute atomic E-state index is 12.2. The standard InChI is InChI=1S/C25H22N2O4S/c1-16-12-17(2)24-21(13-16)32-25(27-24)26-22(28)14-31-23(29)15-30-20-11-7-6-10-19(20)18-8-4-3-5-9-18/h3-13H,14-15H2,1-2H3,(H,26,27,28). The van der Waals surface area contributed by atoms with E-state index in [1.165, 1.54) is 11.3 Å². The summed E-state index contributed by atoms with van der Waals surface area (Å²) in [4.78, 5) is 28.8. The van der Waals surface area contributed by atoms with Crippen molar-refractivity contribution in [1.82, 2.24) is 4.98 Å². The van der Waals surface area contributed by atoms with Crippen molar-refractivity contribution in [2.45, 2.75) is 13.8 Å². The maximum Gasteiger partial charge on any atom is 0.344 e. The molecule has 7 heteroatoms. The van der Waals surface area contributed by atoms with E-state index in [4.69, 9.17) is 9.47 Å². The first-order valence-corrected chi connectivity index (χ1v) is 10.9. The molecule has 0 bridgehead atoms. The van der Waals surface area contributed by atoms with Gasteiger partial charge in [-0.3, -0.25) is 10.1 Å². The maximum atomic E-state index is 12.2. The van der Waals surface area contributed by atoms with Gasteiger partial charge in [-0.05, 0) is 42.7 Å². The van der Waals surface area contributed by atoms with Gasteiger partial charge in [-0.15, -0.1) is 0 Å². The molecule has 3 aromatic carbocycles. The van der Waals surface area contributed by atoms with Crippen LogP contribution in [0.4, 0.5) is 5.13 Å². The fourth-order valence-corrected chi connectivity index (χ4v) is 4.41. The number of ether oxygens (including phenoxy) is 2. The quantitative estimate of drug-likeness (QED) is 0.398. The highest BCUT2D eigenvalue weighted by atomic mass is 32.1. The second kappa shape index (κ2) is 9.62. The lowest BCUT2D eigenvalue weighted by Gasteiger charge is -2.11. The number of esters is 1. The Morgan fingerprint density at radius 1 is 0.969 bits per heavy atom. The molecule has 0 saturated carbocycles. The average molecular weight is 447 g/mol. The van der Waals surface area contributed by atoms with Crippen molar-refractivity contribution in [2.75, 3.05) is 18.5 Å². The molecular weight excluding hydrogens is 424 g/mol. The molecule has 0 aliphatic heterocycles. The van der Waals surface area contributed by atoms with Gasteiger partial charge >= 0.3 is 5.97 Å². The fourth-order valence-electron chi connectivity index (χ4n) is 3.35. The Morgan fingerprint density at radius 3 is 2.53 bits per heavy atom. The van der Waals surface area contributed by atoms with E-state index in [9.17, 15) is 9.59 Å². The van der Waals surface area contributed by atoms with Gasteiger partial charge in [0.1, 0.15) is 5.75 Å². The smallest absolute Gasteiger partial charge is 0.344 e. The number of anilines is 1. The van der Waals surface area contributed by atoms with Gasteiger partial charge in [-0.1, -0.05) is 65.9 Å². The number of aryl methyl sites for hydroxylation is 2. The van der Waals surface area contributed by atoms with Crippen molar-refractivity contribution in [1.29, 1.82) is 0 Å². The van der Waals surface area contributed by atoms with Crippen LogP contribution in [0, 0.1) is 13.8 Å². The summed E-state index contributed by atoms with van der Waals surface area (Å²) in [6, 6.07) is 21.3. The zero-order chi connectivity index (χ0) is 22.5. The minimum absolute atomic E-state index is 0.295. The summed E-state index contributed by atoms with van der Waals surface area (Å²) in [5.41, 5.74) is 4.91. The van der Waals surface area contributed by atoms with E-state index in [2.05, 4.69) is 10.3 Å². The van der Waals surface area contributed by atoms with Crippen molar-refractivity contribution < 1.29 is 19.1 Å². The van der Waals surface area contributed by atoms with Crippen LogP contribution in [-0.2, 0) is 14.3 Å². The molecular formula is C25H22N2O4S. The Bertz CT molecular complexity index is 1270. The summed E-state index contributed by atoms with van der Waals surface area (Å²) >= 11 is 1.39. The van der Waals surface area contributed by atoms with Crippen LogP contribution in [0.3, 0.4) is 0 Å². The monoisotopic (exact) mass is 446 g/mol. The van der Waals surface area contributed by atoms with E-state index in [1.807, 2.05) is 74.5 Å². The molecule has 32 heavy (non-hydrogen) atoms. The molecule has 0 radical (unpaired) electrons. The third-order valence-corrected chi connectivity index (χ3v) is 5.68. The van der Waals surface area contributed by atoms with Crippen LogP contribution in [0.2, 0.25) is 0 Å². The molecule has 0 saturated heterocycles. The van der Waals surface area contributed by atoms with Gasteiger partial charge in [-0.25, -0.2) is 9.78 Å². The van der Waals surface area contributed by atoms with Crippen LogP contribution in [0.25, 0.3) is 21.3 Å². The number of nitrogens with zero attached hydrogens (tertiary/aromatic N) is 1. The van der Waals surface area contributed by atoms with Crippen molar-refractivity contribution in [3.05, 3.63) is 77.9 Å². The summed E-state index contributed by atoms with van der Waals surface area (Å²) in [7, 11) is 0. The first kappa shape index (κ1) is 21.5. The Kier molecular flexibility index (Phi) is 6.47. The number of amides is 1. The van der Waals surface area contributed by atoms with Crippen molar-refractivity contribution in [3.63, 3.8) is 0 Å². The number of rotatable bonds is 7. The van der Waals surface area contributed by atoms with Crippen LogP contribution in [0.5, 0.6) is 5.75 Å². The minimum Gasteiger partial charge on any atom is -0.481 e. The number of carbonyl (C=O) groups excluding carboxylic acids is 2. The summed E-state index contributed by atoms with van der Waals surface area (Å²) in [6.45, 7) is 3.30. The van der Waals surface area contributed by atoms with E-state index >= 15 is 0 Å². The van der Waals surface area contributed by atoms with E-state index in [0.29, 0.717) is 10.9 Å². The molecule has 162 valence electrons. The van der Waals surface area contributed by atoms with Crippen molar-refractivity contribution >= 4 is 38.6 Å². The molecule has 0 aliphatic rings. The Morgan fingerprint density at radius 2 is 1.72 bits per heavy atom. The highest BCUT2D eigenvalue weighted by Gasteiger charge is 2.13. The highest BCUT2D eigenvalue weighted by molar-refractivity contribution is 7.22. The molecule has 4 aromatic rings. The molecule has 0 spiro atoms. The third kappa shape index (κ3) is 5.12. The lowest BCUT2D eigenvalue weighted by molar-refractivity contribution is -0.149. The number of carbonyl (C=O) groups is 2. The third-order valence-electron chi connectivity index (χ3n) is 4.76. The number of para-hydroxylation sites is 1. The van der Waals surface area contributed by atoms with Crippen LogP contribution in [0.1, 0.15) is 11.1 Å². The van der Waals surface area contributed by atoms with Crippen LogP contribution in [-0.4, -0.2) is 30.1 Å². The summed E-state index contributed by atoms with van der Waals surface area (Å²) in [5.74, 6) is -0.504. The number of benzene rings is 3. The Balaban J connectivity index is 1.30. The van der Waals surface area contributed by atoms with Gasteiger partial charge in [0.05, 0.1) is 10.2 Å². The highest BCUT2D eigenvalue weighted by Crippen LogP contribution is 2.30.